The fraction of sp³-hybridized carbons (Fsp3) is 0.161. The molecule has 0 saturated carbocycles. The Balaban J connectivity index is 1.44. The van der Waals surface area contributed by atoms with E-state index in [0.717, 1.165) is 20.3 Å². The number of aryl methyl sites for hydroxylation is 2. The Morgan fingerprint density at radius 2 is 1.63 bits per heavy atom. The summed E-state index contributed by atoms with van der Waals surface area (Å²) in [4.78, 5) is 50.4. The summed E-state index contributed by atoms with van der Waals surface area (Å²) in [6, 6.07) is 20.7. The Labute approximate surface area is 241 Å². The molecule has 4 rings (SSSR count). The fourth-order valence-corrected chi connectivity index (χ4v) is 4.18. The maximum Gasteiger partial charge on any atom is 0.332 e. The lowest BCUT2D eigenvalue weighted by molar-refractivity contribution is -0.116. The van der Waals surface area contributed by atoms with Crippen molar-refractivity contribution in [3.8, 4) is 17.6 Å². The number of para-hydroxylation sites is 1. The molecule has 4 aromatic rings. The van der Waals surface area contributed by atoms with E-state index in [2.05, 4.69) is 22.5 Å². The van der Waals surface area contributed by atoms with Crippen molar-refractivity contribution in [1.29, 1.82) is 0 Å². The van der Waals surface area contributed by atoms with Crippen molar-refractivity contribution in [2.24, 2.45) is 7.05 Å². The largest absolute Gasteiger partial charge is 0.507 e. The minimum atomic E-state index is -0.714. The van der Waals surface area contributed by atoms with E-state index >= 15 is 0 Å². The number of benzene rings is 3. The number of carbonyl (C=O) groups is 2. The predicted octanol–water partition coefficient (Wildman–Crippen LogP) is 4.09. The Kier molecular flexibility index (Phi) is 9.07. The first kappa shape index (κ1) is 28.9. The molecule has 0 aliphatic rings. The van der Waals surface area contributed by atoms with Gasteiger partial charge in [-0.05, 0) is 55.3 Å². The molecule has 0 aliphatic heterocycles. The summed E-state index contributed by atoms with van der Waals surface area (Å²) in [5.74, 6) is 4.78. The number of carbonyl (C=O) groups excluding carboxylic acids is 2. The summed E-state index contributed by atoms with van der Waals surface area (Å²) < 4.78 is 1.97. The van der Waals surface area contributed by atoms with Gasteiger partial charge in [-0.2, -0.15) is 0 Å². The van der Waals surface area contributed by atoms with Crippen molar-refractivity contribution < 1.29 is 14.7 Å². The molecule has 3 aromatic carbocycles. The van der Waals surface area contributed by atoms with Gasteiger partial charge in [-0.1, -0.05) is 65.4 Å². The van der Waals surface area contributed by atoms with E-state index in [-0.39, 0.29) is 35.1 Å². The molecule has 9 nitrogen and oxygen atoms in total. The van der Waals surface area contributed by atoms with Crippen LogP contribution in [0.25, 0.3) is 0 Å². The van der Waals surface area contributed by atoms with E-state index < -0.39 is 23.1 Å². The van der Waals surface area contributed by atoms with Crippen LogP contribution in [0.2, 0.25) is 5.15 Å². The molecule has 0 unspecified atom stereocenters. The van der Waals surface area contributed by atoms with Gasteiger partial charge in [-0.3, -0.25) is 23.5 Å². The zero-order valence-electron chi connectivity index (χ0n) is 22.4. The summed E-state index contributed by atoms with van der Waals surface area (Å²) in [5.41, 5.74) is 1.78. The lowest BCUT2D eigenvalue weighted by Gasteiger charge is -2.13. The highest BCUT2D eigenvalue weighted by atomic mass is 35.5. The number of aromatic hydroxyl groups is 1. The molecule has 3 N–H and O–H groups in total. The molecule has 1 aromatic heterocycles. The molecule has 208 valence electrons. The minimum Gasteiger partial charge on any atom is -0.507 e. The van der Waals surface area contributed by atoms with Crippen LogP contribution >= 0.6 is 11.6 Å². The standard InChI is InChI=1S/C31H27ClN4O5/c1-20-9-11-22(12-10-20)15-18-26(38)34-27-28(32)36(31(41)35(2)30(27)40)19-5-6-21-13-16-23(17-14-21)33-29(39)24-7-3-4-8-25(24)37/h3-4,7-14,16-17,37H,15,18-19H2,1-2H3,(H,33,39)(H,34,38). The summed E-state index contributed by atoms with van der Waals surface area (Å²) in [6.07, 6.45) is 0.608. The van der Waals surface area contributed by atoms with Crippen molar-refractivity contribution in [2.75, 3.05) is 10.6 Å². The third kappa shape index (κ3) is 7.12. The smallest absolute Gasteiger partial charge is 0.332 e. The Morgan fingerprint density at radius 1 is 0.951 bits per heavy atom. The van der Waals surface area contributed by atoms with Crippen LogP contribution in [0.5, 0.6) is 5.75 Å². The summed E-state index contributed by atoms with van der Waals surface area (Å²) in [5, 5.41) is 14.9. The molecule has 0 spiro atoms. The number of rotatable bonds is 7. The number of halogens is 1. The molecule has 41 heavy (non-hydrogen) atoms. The van der Waals surface area contributed by atoms with Crippen LogP contribution in [0.3, 0.4) is 0 Å². The average molecular weight is 571 g/mol. The fourth-order valence-electron chi connectivity index (χ4n) is 3.92. The minimum absolute atomic E-state index is 0.121. The lowest BCUT2D eigenvalue weighted by atomic mass is 10.1. The van der Waals surface area contributed by atoms with E-state index in [4.69, 9.17) is 11.6 Å². The van der Waals surface area contributed by atoms with Crippen LogP contribution in [-0.4, -0.2) is 26.1 Å². The number of phenolic OH excluding ortho intramolecular Hbond substituents is 1. The number of anilines is 2. The number of aromatic nitrogens is 2. The quantitative estimate of drug-likeness (QED) is 0.228. The first-order valence-corrected chi connectivity index (χ1v) is 13.0. The van der Waals surface area contributed by atoms with Gasteiger partial charge in [0.2, 0.25) is 5.91 Å². The third-order valence-corrected chi connectivity index (χ3v) is 6.66. The highest BCUT2D eigenvalue weighted by Crippen LogP contribution is 2.19. The van der Waals surface area contributed by atoms with E-state index in [1.54, 1.807) is 36.4 Å². The first-order chi connectivity index (χ1) is 19.6. The lowest BCUT2D eigenvalue weighted by Crippen LogP contribution is -2.40. The third-order valence-electron chi connectivity index (χ3n) is 6.27. The average Bonchev–Trinajstić information content (AvgIpc) is 2.97. The van der Waals surface area contributed by atoms with Gasteiger partial charge in [0.05, 0.1) is 12.1 Å². The molecule has 1 heterocycles. The molecule has 0 saturated heterocycles. The Hall–Kier alpha value is -5.07. The predicted molar refractivity (Wildman–Crippen MR) is 158 cm³/mol. The van der Waals surface area contributed by atoms with Gasteiger partial charge in [0, 0.05) is 24.7 Å². The second-order valence-electron chi connectivity index (χ2n) is 9.28. The van der Waals surface area contributed by atoms with Gasteiger partial charge in [-0.25, -0.2) is 4.79 Å². The molecule has 0 atom stereocenters. The van der Waals surface area contributed by atoms with Crippen LogP contribution in [0.1, 0.15) is 33.5 Å². The second-order valence-corrected chi connectivity index (χ2v) is 9.64. The molecule has 0 aliphatic carbocycles. The number of phenols is 1. The molecule has 10 heteroatoms. The second kappa shape index (κ2) is 12.9. The van der Waals surface area contributed by atoms with Gasteiger partial charge in [-0.15, -0.1) is 0 Å². The van der Waals surface area contributed by atoms with E-state index in [0.29, 0.717) is 17.7 Å². The first-order valence-electron chi connectivity index (χ1n) is 12.7. The van der Waals surface area contributed by atoms with Crippen LogP contribution < -0.4 is 21.9 Å². The Bertz CT molecular complexity index is 1780. The molecule has 0 fully saturated rings. The van der Waals surface area contributed by atoms with Crippen molar-refractivity contribution in [1.82, 2.24) is 9.13 Å². The zero-order chi connectivity index (χ0) is 29.5. The van der Waals surface area contributed by atoms with Crippen molar-refractivity contribution >= 4 is 34.8 Å². The SMILES string of the molecule is Cc1ccc(CCC(=O)Nc2c(Cl)n(CC#Cc3ccc(NC(=O)c4ccccc4O)cc3)c(=O)n(C)c2=O)cc1. The van der Waals surface area contributed by atoms with Gasteiger partial charge in [0.15, 0.2) is 0 Å². The molecule has 2 amide bonds. The normalized spacial score (nSPS) is 10.4. The summed E-state index contributed by atoms with van der Waals surface area (Å²) >= 11 is 6.39. The number of hydrogen-bond acceptors (Lipinski definition) is 5. The maximum absolute atomic E-state index is 12.7. The number of hydrogen-bond donors (Lipinski definition) is 3. The topological polar surface area (TPSA) is 122 Å². The van der Waals surface area contributed by atoms with Crippen LogP contribution in [0.15, 0.2) is 82.4 Å². The van der Waals surface area contributed by atoms with Crippen molar-refractivity contribution in [3.63, 3.8) is 0 Å². The van der Waals surface area contributed by atoms with Crippen molar-refractivity contribution in [2.45, 2.75) is 26.3 Å². The highest BCUT2D eigenvalue weighted by molar-refractivity contribution is 6.32. The van der Waals surface area contributed by atoms with Gasteiger partial charge < -0.3 is 15.7 Å². The number of amides is 2. The molecular formula is C31H27ClN4O5. The summed E-state index contributed by atoms with van der Waals surface area (Å²) in [6.45, 7) is 1.84. The van der Waals surface area contributed by atoms with Crippen molar-refractivity contribution in [3.05, 3.63) is 121 Å². The monoisotopic (exact) mass is 570 g/mol. The number of nitrogens with zero attached hydrogens (tertiary/aromatic N) is 2. The highest BCUT2D eigenvalue weighted by Gasteiger charge is 2.18. The zero-order valence-corrected chi connectivity index (χ0v) is 23.2. The van der Waals surface area contributed by atoms with Gasteiger partial charge >= 0.3 is 5.69 Å². The van der Waals surface area contributed by atoms with E-state index in [1.807, 2.05) is 31.2 Å². The van der Waals surface area contributed by atoms with E-state index in [9.17, 15) is 24.3 Å². The summed E-state index contributed by atoms with van der Waals surface area (Å²) in [7, 11) is 1.30. The Morgan fingerprint density at radius 3 is 2.32 bits per heavy atom. The van der Waals surface area contributed by atoms with Crippen LogP contribution in [0, 0.1) is 18.8 Å². The van der Waals surface area contributed by atoms with Gasteiger partial charge in [0.25, 0.3) is 11.5 Å². The molecule has 0 bridgehead atoms. The maximum atomic E-state index is 12.7. The number of nitrogens with one attached hydrogen (secondary N) is 2. The van der Waals surface area contributed by atoms with Crippen LogP contribution in [-0.2, 0) is 24.8 Å². The van der Waals surface area contributed by atoms with E-state index in [1.165, 1.54) is 19.2 Å². The van der Waals surface area contributed by atoms with Gasteiger partial charge in [0.1, 0.15) is 16.6 Å². The molecule has 0 radical (unpaired) electrons. The van der Waals surface area contributed by atoms with Crippen LogP contribution in [0.4, 0.5) is 11.4 Å². The molecular weight excluding hydrogens is 544 g/mol.